The van der Waals surface area contributed by atoms with E-state index in [1.54, 1.807) is 0 Å². The standard InChI is InChI=1S/C7H9NO4/c1-2-3-8-6(9)4-12-5-7(10)11/h1H,3-5H2,(H,8,9)(H,10,11). The summed E-state index contributed by atoms with van der Waals surface area (Å²) in [6, 6.07) is 0. The monoisotopic (exact) mass is 171 g/mol. The molecule has 0 radical (unpaired) electrons. The Labute approximate surface area is 69.7 Å². The smallest absolute Gasteiger partial charge is 0.329 e. The molecule has 0 aliphatic carbocycles. The molecule has 5 nitrogen and oxygen atoms in total. The Balaban J connectivity index is 3.33. The van der Waals surface area contributed by atoms with Crippen molar-refractivity contribution in [3.8, 4) is 12.3 Å². The average Bonchev–Trinajstić information content (AvgIpc) is 2.00. The Hall–Kier alpha value is -1.54. The van der Waals surface area contributed by atoms with E-state index in [-0.39, 0.29) is 13.2 Å². The summed E-state index contributed by atoms with van der Waals surface area (Å²) in [4.78, 5) is 20.6. The molecule has 0 saturated carbocycles. The molecule has 12 heavy (non-hydrogen) atoms. The Morgan fingerprint density at radius 2 is 2.17 bits per heavy atom. The van der Waals surface area contributed by atoms with Gasteiger partial charge in [-0.25, -0.2) is 4.79 Å². The Morgan fingerprint density at radius 3 is 2.67 bits per heavy atom. The van der Waals surface area contributed by atoms with Crippen LogP contribution < -0.4 is 5.32 Å². The summed E-state index contributed by atoms with van der Waals surface area (Å²) in [5.41, 5.74) is 0. The van der Waals surface area contributed by atoms with Crippen molar-refractivity contribution in [3.63, 3.8) is 0 Å². The summed E-state index contributed by atoms with van der Waals surface area (Å²) in [7, 11) is 0. The van der Waals surface area contributed by atoms with Crippen LogP contribution in [0.3, 0.4) is 0 Å². The van der Waals surface area contributed by atoms with Crippen molar-refractivity contribution in [3.05, 3.63) is 0 Å². The van der Waals surface area contributed by atoms with Crippen LogP contribution in [0.4, 0.5) is 0 Å². The van der Waals surface area contributed by atoms with Crippen LogP contribution in [0.15, 0.2) is 0 Å². The first-order valence-electron chi connectivity index (χ1n) is 3.16. The molecule has 0 fully saturated rings. The molecule has 0 bridgehead atoms. The van der Waals surface area contributed by atoms with E-state index >= 15 is 0 Å². The van der Waals surface area contributed by atoms with Crippen molar-refractivity contribution in [2.75, 3.05) is 19.8 Å². The number of carboxylic acids is 1. The highest BCUT2D eigenvalue weighted by Gasteiger charge is 2.01. The van der Waals surface area contributed by atoms with Gasteiger partial charge in [0, 0.05) is 0 Å². The molecule has 0 aromatic heterocycles. The Kier molecular flexibility index (Phi) is 5.39. The number of carbonyl (C=O) groups excluding carboxylic acids is 1. The van der Waals surface area contributed by atoms with Crippen molar-refractivity contribution in [1.29, 1.82) is 0 Å². The van der Waals surface area contributed by atoms with Crippen molar-refractivity contribution >= 4 is 11.9 Å². The van der Waals surface area contributed by atoms with E-state index in [1.807, 2.05) is 0 Å². The van der Waals surface area contributed by atoms with Crippen molar-refractivity contribution in [2.45, 2.75) is 0 Å². The second kappa shape index (κ2) is 6.19. The lowest BCUT2D eigenvalue weighted by Crippen LogP contribution is -2.28. The lowest BCUT2D eigenvalue weighted by molar-refractivity contribution is -0.143. The molecule has 1 amide bonds. The fourth-order valence-electron chi connectivity index (χ4n) is 0.432. The molecule has 0 unspecified atom stereocenters. The van der Waals surface area contributed by atoms with Crippen LogP contribution >= 0.6 is 0 Å². The second-order valence-electron chi connectivity index (χ2n) is 1.87. The highest BCUT2D eigenvalue weighted by atomic mass is 16.5. The average molecular weight is 171 g/mol. The zero-order valence-corrected chi connectivity index (χ0v) is 6.37. The molecule has 0 spiro atoms. The summed E-state index contributed by atoms with van der Waals surface area (Å²) < 4.78 is 4.47. The van der Waals surface area contributed by atoms with Gasteiger partial charge in [0.1, 0.15) is 13.2 Å². The number of hydrogen-bond acceptors (Lipinski definition) is 3. The molecule has 0 rings (SSSR count). The maximum atomic E-state index is 10.7. The van der Waals surface area contributed by atoms with E-state index in [0.29, 0.717) is 0 Å². The Morgan fingerprint density at radius 1 is 1.50 bits per heavy atom. The number of nitrogens with one attached hydrogen (secondary N) is 1. The van der Waals surface area contributed by atoms with Crippen LogP contribution in [-0.4, -0.2) is 36.7 Å². The maximum Gasteiger partial charge on any atom is 0.329 e. The van der Waals surface area contributed by atoms with Crippen LogP contribution in [0, 0.1) is 12.3 Å². The summed E-state index contributed by atoms with van der Waals surface area (Å²) >= 11 is 0. The number of ether oxygens (including phenoxy) is 1. The number of aliphatic carboxylic acids is 1. The number of terminal acetylenes is 1. The predicted molar refractivity (Wildman–Crippen MR) is 40.3 cm³/mol. The lowest BCUT2D eigenvalue weighted by atomic mass is 10.6. The zero-order chi connectivity index (χ0) is 9.40. The maximum absolute atomic E-state index is 10.7. The van der Waals surface area contributed by atoms with Crippen LogP contribution in [-0.2, 0) is 14.3 Å². The molecular formula is C7H9NO4. The first-order valence-corrected chi connectivity index (χ1v) is 3.16. The van der Waals surface area contributed by atoms with Gasteiger partial charge in [0.15, 0.2) is 0 Å². The highest BCUT2D eigenvalue weighted by molar-refractivity contribution is 5.77. The third kappa shape index (κ3) is 6.58. The van der Waals surface area contributed by atoms with Gasteiger partial charge in [-0.05, 0) is 0 Å². The summed E-state index contributed by atoms with van der Waals surface area (Å²) in [6.45, 7) is -0.646. The fourth-order valence-corrected chi connectivity index (χ4v) is 0.432. The normalized spacial score (nSPS) is 8.58. The molecule has 0 aromatic carbocycles. The van der Waals surface area contributed by atoms with Gasteiger partial charge in [0.2, 0.25) is 5.91 Å². The molecule has 2 N–H and O–H groups in total. The van der Waals surface area contributed by atoms with E-state index in [9.17, 15) is 9.59 Å². The molecular weight excluding hydrogens is 162 g/mol. The van der Waals surface area contributed by atoms with Gasteiger partial charge in [0.05, 0.1) is 6.54 Å². The summed E-state index contributed by atoms with van der Waals surface area (Å²) in [6.07, 6.45) is 4.85. The molecule has 5 heteroatoms. The first-order chi connectivity index (χ1) is 5.66. The third-order valence-corrected chi connectivity index (χ3v) is 0.846. The van der Waals surface area contributed by atoms with Gasteiger partial charge in [0.25, 0.3) is 0 Å². The van der Waals surface area contributed by atoms with Crippen molar-refractivity contribution in [2.24, 2.45) is 0 Å². The van der Waals surface area contributed by atoms with Gasteiger partial charge >= 0.3 is 5.97 Å². The number of rotatable bonds is 5. The second-order valence-corrected chi connectivity index (χ2v) is 1.87. The SMILES string of the molecule is C#CCNC(=O)COCC(=O)O. The van der Waals surface area contributed by atoms with E-state index < -0.39 is 18.5 Å². The molecule has 0 aromatic rings. The van der Waals surface area contributed by atoms with Gasteiger partial charge in [-0.3, -0.25) is 4.79 Å². The lowest BCUT2D eigenvalue weighted by Gasteiger charge is -2.00. The number of carbonyl (C=O) groups is 2. The molecule has 0 heterocycles. The number of hydrogen-bond donors (Lipinski definition) is 2. The molecule has 66 valence electrons. The fraction of sp³-hybridized carbons (Fsp3) is 0.429. The molecule has 0 atom stereocenters. The van der Waals surface area contributed by atoms with E-state index in [1.165, 1.54) is 0 Å². The van der Waals surface area contributed by atoms with E-state index in [4.69, 9.17) is 11.5 Å². The van der Waals surface area contributed by atoms with E-state index in [0.717, 1.165) is 0 Å². The minimum atomic E-state index is -1.11. The van der Waals surface area contributed by atoms with Gasteiger partial charge in [-0.1, -0.05) is 5.92 Å². The largest absolute Gasteiger partial charge is 0.480 e. The van der Waals surface area contributed by atoms with Crippen LogP contribution in [0.1, 0.15) is 0 Å². The van der Waals surface area contributed by atoms with Gasteiger partial charge < -0.3 is 15.2 Å². The van der Waals surface area contributed by atoms with Gasteiger partial charge in [-0.2, -0.15) is 0 Å². The first kappa shape index (κ1) is 10.5. The quantitative estimate of drug-likeness (QED) is 0.511. The van der Waals surface area contributed by atoms with Crippen LogP contribution in [0.25, 0.3) is 0 Å². The van der Waals surface area contributed by atoms with E-state index in [2.05, 4.69) is 16.0 Å². The minimum Gasteiger partial charge on any atom is -0.480 e. The van der Waals surface area contributed by atoms with Gasteiger partial charge in [-0.15, -0.1) is 6.42 Å². The summed E-state index contributed by atoms with van der Waals surface area (Å²) in [5.74, 6) is 0.661. The zero-order valence-electron chi connectivity index (χ0n) is 6.37. The third-order valence-electron chi connectivity index (χ3n) is 0.846. The highest BCUT2D eigenvalue weighted by Crippen LogP contribution is 1.74. The van der Waals surface area contributed by atoms with Crippen LogP contribution in [0.5, 0.6) is 0 Å². The van der Waals surface area contributed by atoms with Crippen molar-refractivity contribution in [1.82, 2.24) is 5.32 Å². The minimum absolute atomic E-state index is 0.120. The van der Waals surface area contributed by atoms with Crippen LogP contribution in [0.2, 0.25) is 0 Å². The number of amides is 1. The molecule has 0 aliphatic rings. The molecule has 0 aliphatic heterocycles. The molecule has 0 saturated heterocycles. The van der Waals surface area contributed by atoms with Crippen molar-refractivity contribution < 1.29 is 19.4 Å². The predicted octanol–water partition coefficient (Wildman–Crippen LogP) is -1.16. The summed E-state index contributed by atoms with van der Waals surface area (Å²) in [5, 5.41) is 10.4. The Bertz CT molecular complexity index is 206. The topological polar surface area (TPSA) is 75.6 Å². The number of carboxylic acid groups (broad SMARTS) is 1.